The van der Waals surface area contributed by atoms with Crippen molar-refractivity contribution in [3.05, 3.63) is 91.0 Å². The Morgan fingerprint density at radius 2 is 1.23 bits per heavy atom. The van der Waals surface area contributed by atoms with E-state index in [9.17, 15) is 0 Å². The largest absolute Gasteiger partial charge is 0.353 e. The molecule has 1 N–H and O–H groups in total. The average molecular weight is 332 g/mol. The smallest absolute Gasteiger partial charge is 0.0783 e. The van der Waals surface area contributed by atoms with E-state index in [1.807, 2.05) is 0 Å². The summed E-state index contributed by atoms with van der Waals surface area (Å²) in [6.07, 6.45) is 0. The van der Waals surface area contributed by atoms with E-state index >= 15 is 0 Å². The van der Waals surface area contributed by atoms with Gasteiger partial charge in [0.15, 0.2) is 0 Å². The molecule has 26 heavy (non-hydrogen) atoms. The second-order valence-corrected chi connectivity index (χ2v) is 6.74. The van der Waals surface area contributed by atoms with E-state index in [2.05, 4.69) is 101 Å². The van der Waals surface area contributed by atoms with Crippen molar-refractivity contribution in [1.29, 1.82) is 0 Å². The molecule has 0 spiro atoms. The minimum atomic E-state index is 1.18. The van der Waals surface area contributed by atoms with E-state index in [1.165, 1.54) is 49.3 Å². The number of hydrogen-bond acceptors (Lipinski definition) is 0. The predicted molar refractivity (Wildman–Crippen MR) is 110 cm³/mol. The van der Waals surface area contributed by atoms with E-state index in [-0.39, 0.29) is 0 Å². The lowest BCUT2D eigenvalue weighted by Crippen LogP contribution is -1.93. The van der Waals surface area contributed by atoms with Crippen LogP contribution in [0.2, 0.25) is 0 Å². The average Bonchev–Trinajstić information content (AvgIpc) is 3.24. The van der Waals surface area contributed by atoms with Gasteiger partial charge in [-0.1, -0.05) is 66.7 Å². The normalized spacial score (nSPS) is 11.8. The molecule has 2 heteroatoms. The first-order valence-electron chi connectivity index (χ1n) is 8.90. The summed E-state index contributed by atoms with van der Waals surface area (Å²) in [6.45, 7) is 0. The van der Waals surface area contributed by atoms with Crippen LogP contribution in [0, 0.1) is 0 Å². The van der Waals surface area contributed by atoms with Crippen LogP contribution >= 0.6 is 0 Å². The highest BCUT2D eigenvalue weighted by atomic mass is 15.0. The molecule has 0 bridgehead atoms. The van der Waals surface area contributed by atoms with Crippen LogP contribution in [0.5, 0.6) is 0 Å². The minimum absolute atomic E-state index is 1.18. The highest BCUT2D eigenvalue weighted by Gasteiger charge is 2.16. The second-order valence-electron chi connectivity index (χ2n) is 6.74. The molecule has 6 rings (SSSR count). The summed E-state index contributed by atoms with van der Waals surface area (Å²) >= 11 is 0. The molecule has 122 valence electrons. The Hall–Kier alpha value is -3.52. The van der Waals surface area contributed by atoms with Crippen LogP contribution < -0.4 is 0 Å². The number of fused-ring (bicyclic) bond motifs is 7. The summed E-state index contributed by atoms with van der Waals surface area (Å²) in [5.74, 6) is 0. The van der Waals surface area contributed by atoms with Gasteiger partial charge in [-0.2, -0.15) is 0 Å². The van der Waals surface area contributed by atoms with E-state index in [1.54, 1.807) is 0 Å². The van der Waals surface area contributed by atoms with Crippen LogP contribution in [0.25, 0.3) is 49.3 Å². The maximum absolute atomic E-state index is 3.67. The van der Waals surface area contributed by atoms with Crippen molar-refractivity contribution in [3.63, 3.8) is 0 Å². The third-order valence-electron chi connectivity index (χ3n) is 5.33. The van der Waals surface area contributed by atoms with Crippen molar-refractivity contribution in [3.8, 4) is 5.69 Å². The molecular weight excluding hydrogens is 316 g/mol. The van der Waals surface area contributed by atoms with Gasteiger partial charge >= 0.3 is 0 Å². The van der Waals surface area contributed by atoms with E-state index in [4.69, 9.17) is 0 Å². The van der Waals surface area contributed by atoms with E-state index < -0.39 is 0 Å². The standard InChI is InChI=1S/C24H16N2/c1-2-8-16(9-3-1)26-22-13-7-5-11-18(22)20-15-14-19-17-10-4-6-12-21(17)25-23(19)24(20)26/h1-15,25H. The minimum Gasteiger partial charge on any atom is -0.353 e. The predicted octanol–water partition coefficient (Wildman–Crippen LogP) is 6.42. The number of rotatable bonds is 1. The van der Waals surface area contributed by atoms with Crippen molar-refractivity contribution >= 4 is 43.6 Å². The first-order chi connectivity index (χ1) is 12.9. The molecule has 0 aliphatic rings. The fourth-order valence-corrected chi connectivity index (χ4v) is 4.22. The van der Waals surface area contributed by atoms with E-state index in [0.29, 0.717) is 0 Å². The van der Waals surface area contributed by atoms with Crippen molar-refractivity contribution in [2.45, 2.75) is 0 Å². The second kappa shape index (κ2) is 4.99. The van der Waals surface area contributed by atoms with Crippen molar-refractivity contribution < 1.29 is 0 Å². The fraction of sp³-hybridized carbons (Fsp3) is 0. The number of hydrogen-bond donors (Lipinski definition) is 1. The third-order valence-corrected chi connectivity index (χ3v) is 5.33. The molecule has 2 heterocycles. The number of nitrogens with one attached hydrogen (secondary N) is 1. The molecule has 0 radical (unpaired) electrons. The van der Waals surface area contributed by atoms with Gasteiger partial charge in [-0.3, -0.25) is 0 Å². The first kappa shape index (κ1) is 13.7. The number of aromatic nitrogens is 2. The Morgan fingerprint density at radius 3 is 2.12 bits per heavy atom. The molecule has 2 aromatic heterocycles. The topological polar surface area (TPSA) is 20.7 Å². The van der Waals surface area contributed by atoms with Crippen LogP contribution in [0.1, 0.15) is 0 Å². The van der Waals surface area contributed by atoms with Crippen LogP contribution in [0.15, 0.2) is 91.0 Å². The highest BCUT2D eigenvalue weighted by molar-refractivity contribution is 6.22. The zero-order valence-electron chi connectivity index (χ0n) is 14.1. The van der Waals surface area contributed by atoms with Gasteiger partial charge in [0.1, 0.15) is 0 Å². The Bertz CT molecular complexity index is 1420. The summed E-state index contributed by atoms with van der Waals surface area (Å²) in [6, 6.07) is 32.3. The summed E-state index contributed by atoms with van der Waals surface area (Å²) in [5.41, 5.74) is 6.04. The lowest BCUT2D eigenvalue weighted by Gasteiger charge is -2.08. The van der Waals surface area contributed by atoms with Gasteiger partial charge in [0.05, 0.1) is 16.6 Å². The Balaban J connectivity index is 1.92. The maximum atomic E-state index is 3.67. The number of aromatic amines is 1. The molecule has 0 amide bonds. The molecule has 4 aromatic carbocycles. The highest BCUT2D eigenvalue weighted by Crippen LogP contribution is 2.38. The maximum Gasteiger partial charge on any atom is 0.0783 e. The summed E-state index contributed by atoms with van der Waals surface area (Å²) < 4.78 is 2.38. The first-order valence-corrected chi connectivity index (χ1v) is 8.90. The molecule has 0 saturated heterocycles. The molecule has 0 saturated carbocycles. The zero-order chi connectivity index (χ0) is 17.1. The fourth-order valence-electron chi connectivity index (χ4n) is 4.22. The van der Waals surface area contributed by atoms with Crippen LogP contribution in [0.4, 0.5) is 0 Å². The van der Waals surface area contributed by atoms with Gasteiger partial charge in [-0.25, -0.2) is 0 Å². The molecule has 0 fully saturated rings. The number of H-pyrrole nitrogens is 1. The van der Waals surface area contributed by atoms with Crippen molar-refractivity contribution in [2.24, 2.45) is 0 Å². The molecule has 2 nitrogen and oxygen atoms in total. The molecule has 0 aliphatic carbocycles. The summed E-state index contributed by atoms with van der Waals surface area (Å²) in [4.78, 5) is 3.67. The summed E-state index contributed by atoms with van der Waals surface area (Å²) in [5, 5.41) is 5.11. The number of benzene rings is 4. The zero-order valence-corrected chi connectivity index (χ0v) is 14.1. The molecule has 0 aliphatic heterocycles. The molecule has 0 unspecified atom stereocenters. The van der Waals surface area contributed by atoms with Gasteiger partial charge in [0, 0.05) is 32.7 Å². The van der Waals surface area contributed by atoms with Crippen LogP contribution in [-0.4, -0.2) is 9.55 Å². The Labute approximate surface area is 150 Å². The number of nitrogens with zero attached hydrogens (tertiary/aromatic N) is 1. The SMILES string of the molecule is c1ccc(-n2c3ccccc3c3ccc4c5ccccc5[nH]c4c32)cc1. The van der Waals surface area contributed by atoms with Crippen LogP contribution in [0.3, 0.4) is 0 Å². The lowest BCUT2D eigenvalue weighted by molar-refractivity contribution is 1.18. The number of para-hydroxylation sites is 3. The Morgan fingerprint density at radius 1 is 0.538 bits per heavy atom. The van der Waals surface area contributed by atoms with Gasteiger partial charge in [0.2, 0.25) is 0 Å². The van der Waals surface area contributed by atoms with E-state index in [0.717, 1.165) is 0 Å². The third kappa shape index (κ3) is 1.71. The van der Waals surface area contributed by atoms with Gasteiger partial charge in [0.25, 0.3) is 0 Å². The quantitative estimate of drug-likeness (QED) is 0.359. The monoisotopic (exact) mass is 332 g/mol. The van der Waals surface area contributed by atoms with Gasteiger partial charge in [-0.05, 0) is 24.3 Å². The lowest BCUT2D eigenvalue weighted by atomic mass is 10.1. The molecular formula is C24H16N2. The Kier molecular flexibility index (Phi) is 2.64. The molecule has 0 atom stereocenters. The molecule has 6 aromatic rings. The van der Waals surface area contributed by atoms with Crippen molar-refractivity contribution in [1.82, 2.24) is 9.55 Å². The van der Waals surface area contributed by atoms with Gasteiger partial charge in [-0.15, -0.1) is 0 Å². The summed E-state index contributed by atoms with van der Waals surface area (Å²) in [7, 11) is 0. The van der Waals surface area contributed by atoms with Crippen molar-refractivity contribution in [2.75, 3.05) is 0 Å². The van der Waals surface area contributed by atoms with Crippen LogP contribution in [-0.2, 0) is 0 Å². The van der Waals surface area contributed by atoms with Gasteiger partial charge < -0.3 is 9.55 Å².